The van der Waals surface area contributed by atoms with Crippen molar-refractivity contribution >= 4 is 16.6 Å². The van der Waals surface area contributed by atoms with Crippen LogP contribution < -0.4 is 5.73 Å². The van der Waals surface area contributed by atoms with E-state index in [0.29, 0.717) is 17.8 Å². The van der Waals surface area contributed by atoms with Crippen molar-refractivity contribution in [2.24, 2.45) is 0 Å². The van der Waals surface area contributed by atoms with Gasteiger partial charge in [-0.2, -0.15) is 0 Å². The molecule has 2 nitrogen and oxygen atoms in total. The lowest BCUT2D eigenvalue weighted by Crippen LogP contribution is -2.02. The predicted octanol–water partition coefficient (Wildman–Crippen LogP) is 3.55. The lowest BCUT2D eigenvalue weighted by atomic mass is 10.2. The first-order valence-corrected chi connectivity index (χ1v) is 5.92. The van der Waals surface area contributed by atoms with Gasteiger partial charge in [0.05, 0.1) is 17.7 Å². The molecule has 1 heterocycles. The van der Waals surface area contributed by atoms with Gasteiger partial charge in [0.25, 0.3) is 0 Å². The number of nitrogens with zero attached hydrogens (tertiary/aromatic N) is 1. The van der Waals surface area contributed by atoms with Crippen LogP contribution in [0.1, 0.15) is 5.56 Å². The van der Waals surface area contributed by atoms with Crippen molar-refractivity contribution in [1.82, 2.24) is 4.57 Å². The molecule has 0 aliphatic heterocycles. The zero-order valence-electron chi connectivity index (χ0n) is 10.1. The fourth-order valence-corrected chi connectivity index (χ4v) is 2.26. The third-order valence-electron chi connectivity index (χ3n) is 3.18. The maximum absolute atomic E-state index is 13.7. The molecule has 1 aromatic heterocycles. The van der Waals surface area contributed by atoms with Crippen molar-refractivity contribution < 1.29 is 8.78 Å². The van der Waals surface area contributed by atoms with Gasteiger partial charge in [0.1, 0.15) is 11.6 Å². The molecule has 2 N–H and O–H groups in total. The third kappa shape index (κ3) is 2.05. The second kappa shape index (κ2) is 4.39. The van der Waals surface area contributed by atoms with Crippen LogP contribution in [0.4, 0.5) is 14.5 Å². The van der Waals surface area contributed by atoms with Gasteiger partial charge in [-0.1, -0.05) is 18.2 Å². The minimum atomic E-state index is -0.571. The minimum Gasteiger partial charge on any atom is -0.397 e. The zero-order valence-corrected chi connectivity index (χ0v) is 10.1. The quantitative estimate of drug-likeness (QED) is 0.700. The van der Waals surface area contributed by atoms with Gasteiger partial charge in [0.2, 0.25) is 0 Å². The van der Waals surface area contributed by atoms with Crippen LogP contribution in [-0.4, -0.2) is 4.57 Å². The van der Waals surface area contributed by atoms with E-state index in [0.717, 1.165) is 17.0 Å². The highest BCUT2D eigenvalue weighted by atomic mass is 19.1. The van der Waals surface area contributed by atoms with Gasteiger partial charge in [-0.3, -0.25) is 0 Å². The number of nitrogens with two attached hydrogens (primary N) is 1. The summed E-state index contributed by atoms with van der Waals surface area (Å²) in [7, 11) is 0. The number of anilines is 1. The summed E-state index contributed by atoms with van der Waals surface area (Å²) in [6.45, 7) is 0.323. The van der Waals surface area contributed by atoms with E-state index in [-0.39, 0.29) is 0 Å². The van der Waals surface area contributed by atoms with Crippen LogP contribution in [0.2, 0.25) is 0 Å². The van der Waals surface area contributed by atoms with Crippen molar-refractivity contribution in [2.45, 2.75) is 6.54 Å². The monoisotopic (exact) mass is 258 g/mol. The van der Waals surface area contributed by atoms with Gasteiger partial charge in [-0.05, 0) is 18.2 Å². The summed E-state index contributed by atoms with van der Waals surface area (Å²) < 4.78 is 28.4. The fourth-order valence-electron chi connectivity index (χ4n) is 2.26. The van der Waals surface area contributed by atoms with Crippen LogP contribution >= 0.6 is 0 Å². The SMILES string of the molecule is Nc1cccc2ccn(Cc3ccc(F)cc3F)c12. The number of aromatic nitrogens is 1. The summed E-state index contributed by atoms with van der Waals surface area (Å²) in [5, 5.41) is 1.00. The average Bonchev–Trinajstić information content (AvgIpc) is 2.77. The van der Waals surface area contributed by atoms with E-state index in [1.807, 2.05) is 29.0 Å². The zero-order chi connectivity index (χ0) is 13.4. The minimum absolute atomic E-state index is 0.323. The smallest absolute Gasteiger partial charge is 0.131 e. The molecule has 3 aromatic rings. The fraction of sp³-hybridized carbons (Fsp3) is 0.0667. The van der Waals surface area contributed by atoms with Crippen LogP contribution in [0.15, 0.2) is 48.7 Å². The normalized spacial score (nSPS) is 11.1. The number of hydrogen-bond acceptors (Lipinski definition) is 1. The highest BCUT2D eigenvalue weighted by Crippen LogP contribution is 2.23. The molecule has 0 amide bonds. The van der Waals surface area contributed by atoms with Crippen LogP contribution in [0.5, 0.6) is 0 Å². The molecule has 19 heavy (non-hydrogen) atoms. The number of benzene rings is 2. The second-order valence-corrected chi connectivity index (χ2v) is 4.46. The molecule has 0 saturated heterocycles. The Morgan fingerprint density at radius 1 is 1.05 bits per heavy atom. The molecule has 2 aromatic carbocycles. The Hall–Kier alpha value is -2.36. The highest BCUT2D eigenvalue weighted by Gasteiger charge is 2.08. The van der Waals surface area contributed by atoms with Crippen molar-refractivity contribution in [3.8, 4) is 0 Å². The lowest BCUT2D eigenvalue weighted by Gasteiger charge is -2.08. The third-order valence-corrected chi connectivity index (χ3v) is 3.18. The molecule has 0 saturated carbocycles. The van der Waals surface area contributed by atoms with Crippen molar-refractivity contribution in [1.29, 1.82) is 0 Å². The summed E-state index contributed by atoms with van der Waals surface area (Å²) in [5.41, 5.74) is 7.89. The maximum atomic E-state index is 13.7. The molecule has 0 fully saturated rings. The number of halogens is 2. The van der Waals surface area contributed by atoms with E-state index in [2.05, 4.69) is 0 Å². The Kier molecular flexibility index (Phi) is 2.71. The van der Waals surface area contributed by atoms with E-state index in [9.17, 15) is 8.78 Å². The summed E-state index contributed by atoms with van der Waals surface area (Å²) >= 11 is 0. The van der Waals surface area contributed by atoms with E-state index in [4.69, 9.17) is 5.73 Å². The first-order valence-electron chi connectivity index (χ1n) is 5.92. The van der Waals surface area contributed by atoms with Crippen molar-refractivity contribution in [2.75, 3.05) is 5.73 Å². The largest absolute Gasteiger partial charge is 0.397 e. The van der Waals surface area contributed by atoms with Crippen LogP contribution in [0.25, 0.3) is 10.9 Å². The molecule has 0 radical (unpaired) electrons. The molecule has 0 bridgehead atoms. The summed E-state index contributed by atoms with van der Waals surface area (Å²) in [5.74, 6) is -1.12. The van der Waals surface area contributed by atoms with Gasteiger partial charge in [-0.25, -0.2) is 8.78 Å². The molecular formula is C15H12F2N2. The van der Waals surface area contributed by atoms with E-state index < -0.39 is 11.6 Å². The Morgan fingerprint density at radius 2 is 1.89 bits per heavy atom. The van der Waals surface area contributed by atoms with Crippen LogP contribution in [-0.2, 0) is 6.54 Å². The average molecular weight is 258 g/mol. The molecule has 0 aliphatic rings. The molecule has 3 rings (SSSR count). The first-order chi connectivity index (χ1) is 9.15. The highest BCUT2D eigenvalue weighted by molar-refractivity contribution is 5.90. The Bertz CT molecular complexity index is 747. The van der Waals surface area contributed by atoms with Gasteiger partial charge < -0.3 is 10.3 Å². The van der Waals surface area contributed by atoms with Gasteiger partial charge >= 0.3 is 0 Å². The standard InChI is InChI=1S/C15H12F2N2/c16-12-5-4-11(13(17)8-12)9-19-7-6-10-2-1-3-14(18)15(10)19/h1-8H,9,18H2. The Balaban J connectivity index is 2.06. The number of rotatable bonds is 2. The van der Waals surface area contributed by atoms with Crippen LogP contribution in [0.3, 0.4) is 0 Å². The Labute approximate surface area is 109 Å². The van der Waals surface area contributed by atoms with Gasteiger partial charge in [-0.15, -0.1) is 0 Å². The van der Waals surface area contributed by atoms with E-state index in [1.165, 1.54) is 12.1 Å². The van der Waals surface area contributed by atoms with Gasteiger partial charge in [0.15, 0.2) is 0 Å². The number of fused-ring (bicyclic) bond motifs is 1. The number of hydrogen-bond donors (Lipinski definition) is 1. The Morgan fingerprint density at radius 3 is 2.68 bits per heavy atom. The lowest BCUT2D eigenvalue weighted by molar-refractivity contribution is 0.567. The van der Waals surface area contributed by atoms with Crippen molar-refractivity contribution in [3.63, 3.8) is 0 Å². The van der Waals surface area contributed by atoms with Gasteiger partial charge in [0, 0.05) is 23.2 Å². The molecule has 0 spiro atoms. The number of para-hydroxylation sites is 1. The molecule has 0 aliphatic carbocycles. The van der Waals surface area contributed by atoms with E-state index in [1.54, 1.807) is 6.07 Å². The van der Waals surface area contributed by atoms with E-state index >= 15 is 0 Å². The number of nitrogen functional groups attached to an aromatic ring is 1. The summed E-state index contributed by atoms with van der Waals surface area (Å²) in [4.78, 5) is 0. The predicted molar refractivity (Wildman–Crippen MR) is 71.8 cm³/mol. The molecule has 4 heteroatoms. The molecule has 0 atom stereocenters. The topological polar surface area (TPSA) is 30.9 Å². The molecule has 96 valence electrons. The van der Waals surface area contributed by atoms with Crippen LogP contribution in [0, 0.1) is 11.6 Å². The van der Waals surface area contributed by atoms with Crippen molar-refractivity contribution in [3.05, 3.63) is 65.9 Å². The first kappa shape index (κ1) is 11.7. The summed E-state index contributed by atoms with van der Waals surface area (Å²) in [6.07, 6.45) is 1.85. The maximum Gasteiger partial charge on any atom is 0.131 e. The summed E-state index contributed by atoms with van der Waals surface area (Å²) in [6, 6.07) is 11.2. The molecule has 0 unspecified atom stereocenters. The second-order valence-electron chi connectivity index (χ2n) is 4.46. The molecular weight excluding hydrogens is 246 g/mol.